The molecule has 1 aromatic rings. The number of aliphatic hydroxyl groups is 1. The number of carbonyl (C=O) groups is 1. The van der Waals surface area contributed by atoms with Crippen molar-refractivity contribution in [3.05, 3.63) is 29.0 Å². The number of aliphatic hydroxyl groups excluding tert-OH is 1. The summed E-state index contributed by atoms with van der Waals surface area (Å²) in [5, 5.41) is 14.5. The summed E-state index contributed by atoms with van der Waals surface area (Å²) in [4.78, 5) is 11.6. The van der Waals surface area contributed by atoms with Crippen molar-refractivity contribution in [2.24, 2.45) is 5.41 Å². The van der Waals surface area contributed by atoms with Gasteiger partial charge in [-0.2, -0.15) is 0 Å². The summed E-state index contributed by atoms with van der Waals surface area (Å²) >= 11 is 5.84. The van der Waals surface area contributed by atoms with E-state index in [0.29, 0.717) is 6.54 Å². The van der Waals surface area contributed by atoms with Crippen LogP contribution in [0.25, 0.3) is 0 Å². The highest BCUT2D eigenvalue weighted by molar-refractivity contribution is 6.33. The molecule has 3 N–H and O–H groups in total. The SMILES string of the molecule is CC(C)(CO)CCCNC(=O)Nc1cc(F)ccc1Cl. The van der Waals surface area contributed by atoms with Crippen LogP contribution in [0.4, 0.5) is 14.9 Å². The van der Waals surface area contributed by atoms with Crippen molar-refractivity contribution in [3.8, 4) is 0 Å². The minimum atomic E-state index is -0.464. The van der Waals surface area contributed by atoms with E-state index in [1.807, 2.05) is 13.8 Å². The summed E-state index contributed by atoms with van der Waals surface area (Å²) in [6.07, 6.45) is 1.54. The lowest BCUT2D eigenvalue weighted by molar-refractivity contribution is 0.148. The molecule has 0 unspecified atom stereocenters. The molecule has 0 atom stereocenters. The minimum Gasteiger partial charge on any atom is -0.396 e. The Morgan fingerprint density at radius 2 is 2.15 bits per heavy atom. The van der Waals surface area contributed by atoms with Gasteiger partial charge in [0, 0.05) is 13.2 Å². The van der Waals surface area contributed by atoms with Crippen LogP contribution in [0.2, 0.25) is 5.02 Å². The van der Waals surface area contributed by atoms with Gasteiger partial charge in [0.2, 0.25) is 0 Å². The number of carbonyl (C=O) groups excluding carboxylic acids is 1. The molecule has 0 aliphatic carbocycles. The number of urea groups is 1. The van der Waals surface area contributed by atoms with Crippen molar-refractivity contribution in [3.63, 3.8) is 0 Å². The van der Waals surface area contributed by atoms with Crippen molar-refractivity contribution in [1.82, 2.24) is 5.32 Å². The van der Waals surface area contributed by atoms with Gasteiger partial charge in [-0.3, -0.25) is 0 Å². The molecule has 112 valence electrons. The number of benzene rings is 1. The summed E-state index contributed by atoms with van der Waals surface area (Å²) < 4.78 is 13.0. The fraction of sp³-hybridized carbons (Fsp3) is 0.500. The number of anilines is 1. The number of hydrogen-bond donors (Lipinski definition) is 3. The quantitative estimate of drug-likeness (QED) is 0.705. The fourth-order valence-electron chi connectivity index (χ4n) is 1.61. The molecule has 0 spiro atoms. The van der Waals surface area contributed by atoms with Crippen LogP contribution in [0, 0.1) is 11.2 Å². The minimum absolute atomic E-state index is 0.109. The van der Waals surface area contributed by atoms with Crippen LogP contribution in [0.5, 0.6) is 0 Å². The number of amides is 2. The Morgan fingerprint density at radius 3 is 2.80 bits per heavy atom. The summed E-state index contributed by atoms with van der Waals surface area (Å²) in [5.74, 6) is -0.464. The lowest BCUT2D eigenvalue weighted by Crippen LogP contribution is -2.30. The standard InChI is InChI=1S/C14H20ClFN2O2/c1-14(2,9-19)6-3-7-17-13(20)18-12-8-10(16)4-5-11(12)15/h4-5,8,19H,3,6-7,9H2,1-2H3,(H2,17,18,20). The number of hydrogen-bond acceptors (Lipinski definition) is 2. The van der Waals surface area contributed by atoms with Crippen molar-refractivity contribution < 1.29 is 14.3 Å². The first kappa shape index (κ1) is 16.7. The van der Waals surface area contributed by atoms with Crippen LogP contribution in [-0.4, -0.2) is 24.3 Å². The molecule has 0 fully saturated rings. The zero-order valence-electron chi connectivity index (χ0n) is 11.7. The van der Waals surface area contributed by atoms with E-state index < -0.39 is 11.8 Å². The van der Waals surface area contributed by atoms with Gasteiger partial charge in [0.05, 0.1) is 10.7 Å². The molecule has 6 heteroatoms. The first-order valence-corrected chi connectivity index (χ1v) is 6.82. The van der Waals surface area contributed by atoms with E-state index in [2.05, 4.69) is 10.6 Å². The maximum absolute atomic E-state index is 13.0. The van der Waals surface area contributed by atoms with Gasteiger partial charge in [0.1, 0.15) is 5.82 Å². The van der Waals surface area contributed by atoms with Gasteiger partial charge in [-0.1, -0.05) is 25.4 Å². The van der Waals surface area contributed by atoms with Crippen LogP contribution >= 0.6 is 11.6 Å². The predicted octanol–water partition coefficient (Wildman–Crippen LogP) is 3.40. The van der Waals surface area contributed by atoms with E-state index in [9.17, 15) is 9.18 Å². The second-order valence-corrected chi connectivity index (χ2v) is 5.84. The smallest absolute Gasteiger partial charge is 0.319 e. The van der Waals surface area contributed by atoms with E-state index in [1.165, 1.54) is 12.1 Å². The first-order valence-electron chi connectivity index (χ1n) is 6.45. The summed E-state index contributed by atoms with van der Waals surface area (Å²) in [6.45, 7) is 4.50. The largest absolute Gasteiger partial charge is 0.396 e. The molecule has 0 saturated carbocycles. The average Bonchev–Trinajstić information content (AvgIpc) is 2.39. The molecule has 0 aliphatic rings. The third-order valence-electron chi connectivity index (χ3n) is 2.92. The Balaban J connectivity index is 2.36. The Hall–Kier alpha value is -1.33. The van der Waals surface area contributed by atoms with Crippen LogP contribution in [0.1, 0.15) is 26.7 Å². The van der Waals surface area contributed by atoms with Crippen LogP contribution in [0.15, 0.2) is 18.2 Å². The zero-order valence-corrected chi connectivity index (χ0v) is 12.4. The summed E-state index contributed by atoms with van der Waals surface area (Å²) in [6, 6.07) is 3.34. The highest BCUT2D eigenvalue weighted by atomic mass is 35.5. The highest BCUT2D eigenvalue weighted by Crippen LogP contribution is 2.22. The van der Waals surface area contributed by atoms with E-state index in [0.717, 1.165) is 18.9 Å². The third-order valence-corrected chi connectivity index (χ3v) is 3.25. The van der Waals surface area contributed by atoms with Crippen LogP contribution in [0.3, 0.4) is 0 Å². The Bertz CT molecular complexity index is 466. The lowest BCUT2D eigenvalue weighted by atomic mass is 9.89. The van der Waals surface area contributed by atoms with Crippen LogP contribution in [-0.2, 0) is 0 Å². The lowest BCUT2D eigenvalue weighted by Gasteiger charge is -2.21. The molecule has 0 aromatic heterocycles. The molecule has 0 radical (unpaired) electrons. The van der Waals surface area contributed by atoms with E-state index in [4.69, 9.17) is 16.7 Å². The van der Waals surface area contributed by atoms with Crippen molar-refractivity contribution in [1.29, 1.82) is 0 Å². The number of halogens is 2. The predicted molar refractivity (Wildman–Crippen MR) is 78.5 cm³/mol. The van der Waals surface area contributed by atoms with Gasteiger partial charge >= 0.3 is 6.03 Å². The van der Waals surface area contributed by atoms with Crippen molar-refractivity contribution in [2.45, 2.75) is 26.7 Å². The molecular formula is C14H20ClFN2O2. The second kappa shape index (κ2) is 7.45. The number of nitrogens with one attached hydrogen (secondary N) is 2. The molecule has 0 saturated heterocycles. The Kier molecular flexibility index (Phi) is 6.23. The molecular weight excluding hydrogens is 283 g/mol. The average molecular weight is 303 g/mol. The summed E-state index contributed by atoms with van der Waals surface area (Å²) in [5.41, 5.74) is 0.0872. The first-order chi connectivity index (χ1) is 9.34. The van der Waals surface area contributed by atoms with Gasteiger partial charge in [-0.15, -0.1) is 0 Å². The van der Waals surface area contributed by atoms with E-state index in [1.54, 1.807) is 0 Å². The van der Waals surface area contributed by atoms with Gasteiger partial charge in [0.25, 0.3) is 0 Å². The van der Waals surface area contributed by atoms with Gasteiger partial charge in [0.15, 0.2) is 0 Å². The monoisotopic (exact) mass is 302 g/mol. The zero-order chi connectivity index (χ0) is 15.2. The molecule has 4 nitrogen and oxygen atoms in total. The molecule has 0 heterocycles. The Labute approximate surface area is 123 Å². The fourth-order valence-corrected chi connectivity index (χ4v) is 1.77. The molecule has 1 rings (SSSR count). The van der Waals surface area contributed by atoms with Crippen molar-refractivity contribution in [2.75, 3.05) is 18.5 Å². The maximum atomic E-state index is 13.0. The van der Waals surface area contributed by atoms with Crippen molar-refractivity contribution >= 4 is 23.3 Å². The Morgan fingerprint density at radius 1 is 1.45 bits per heavy atom. The molecule has 0 aliphatic heterocycles. The van der Waals surface area contributed by atoms with Gasteiger partial charge in [-0.25, -0.2) is 9.18 Å². The maximum Gasteiger partial charge on any atom is 0.319 e. The molecule has 0 bridgehead atoms. The molecule has 20 heavy (non-hydrogen) atoms. The van der Waals surface area contributed by atoms with E-state index >= 15 is 0 Å². The highest BCUT2D eigenvalue weighted by Gasteiger charge is 2.15. The normalized spacial score (nSPS) is 11.2. The van der Waals surface area contributed by atoms with E-state index in [-0.39, 0.29) is 22.7 Å². The summed E-state index contributed by atoms with van der Waals surface area (Å²) in [7, 11) is 0. The third kappa shape index (κ3) is 5.75. The molecule has 2 amide bonds. The van der Waals surface area contributed by atoms with Gasteiger partial charge in [-0.05, 0) is 36.5 Å². The topological polar surface area (TPSA) is 61.4 Å². The van der Waals surface area contributed by atoms with Crippen LogP contribution < -0.4 is 10.6 Å². The molecule has 1 aromatic carbocycles. The number of rotatable bonds is 6. The second-order valence-electron chi connectivity index (χ2n) is 5.43. The van der Waals surface area contributed by atoms with Gasteiger partial charge < -0.3 is 15.7 Å².